The Balaban J connectivity index is 1.69. The summed E-state index contributed by atoms with van der Waals surface area (Å²) in [5, 5.41) is 8.98. The van der Waals surface area contributed by atoms with Crippen LogP contribution in [-0.4, -0.2) is 41.8 Å². The Morgan fingerprint density at radius 3 is 2.72 bits per heavy atom. The molecule has 1 N–H and O–H groups in total. The first-order valence-corrected chi connectivity index (χ1v) is 6.91. The Kier molecular flexibility index (Phi) is 3.27. The van der Waals surface area contributed by atoms with Crippen molar-refractivity contribution in [3.63, 3.8) is 0 Å². The quantitative estimate of drug-likeness (QED) is 0.865. The maximum absolute atomic E-state index is 8.98. The predicted molar refractivity (Wildman–Crippen MR) is 70.9 cm³/mol. The molecule has 2 heterocycles. The smallest absolute Gasteiger partial charge is 0.123 e. The Labute approximate surface area is 108 Å². The minimum absolute atomic E-state index is 0.0559. The molecule has 0 atom stereocenters. The number of benzene rings is 1. The molecule has 2 aliphatic rings. The van der Waals surface area contributed by atoms with Crippen molar-refractivity contribution < 1.29 is 9.84 Å². The average Bonchev–Trinajstić information content (AvgIpc) is 2.42. The molecule has 1 aromatic carbocycles. The molecule has 0 aromatic heterocycles. The molecule has 0 amide bonds. The zero-order valence-corrected chi connectivity index (χ0v) is 10.8. The summed E-state index contributed by atoms with van der Waals surface area (Å²) in [6.45, 7) is 3.15. The standard InChI is InChI=1S/C15H21NO2/c17-12-11-16-9-7-15(8-10-16)6-5-13-3-1-2-4-14(13)18-15/h1-4,17H,5-12H2. The molecule has 3 rings (SSSR count). The fourth-order valence-corrected chi connectivity index (χ4v) is 3.13. The molecule has 1 fully saturated rings. The first-order valence-electron chi connectivity index (χ1n) is 6.91. The van der Waals surface area contributed by atoms with Crippen LogP contribution in [0.3, 0.4) is 0 Å². The normalized spacial score (nSPS) is 22.5. The topological polar surface area (TPSA) is 32.7 Å². The van der Waals surface area contributed by atoms with Crippen molar-refractivity contribution in [3.8, 4) is 5.75 Å². The Hall–Kier alpha value is -1.06. The second-order valence-electron chi connectivity index (χ2n) is 5.46. The van der Waals surface area contributed by atoms with Gasteiger partial charge in [0.15, 0.2) is 0 Å². The van der Waals surface area contributed by atoms with Crippen molar-refractivity contribution in [1.82, 2.24) is 4.90 Å². The fraction of sp³-hybridized carbons (Fsp3) is 0.600. The van der Waals surface area contributed by atoms with Gasteiger partial charge in [0.25, 0.3) is 0 Å². The number of aliphatic hydroxyl groups excluding tert-OH is 1. The SMILES string of the molecule is OCCN1CCC2(CCc3ccccc3O2)CC1. The van der Waals surface area contributed by atoms with Crippen LogP contribution in [0.5, 0.6) is 5.75 Å². The lowest BCUT2D eigenvalue weighted by Crippen LogP contribution is -2.50. The van der Waals surface area contributed by atoms with E-state index < -0.39 is 0 Å². The summed E-state index contributed by atoms with van der Waals surface area (Å²) in [5.74, 6) is 1.08. The number of ether oxygens (including phenoxy) is 1. The van der Waals surface area contributed by atoms with Crippen LogP contribution in [0, 0.1) is 0 Å². The minimum atomic E-state index is 0.0559. The third-order valence-electron chi connectivity index (χ3n) is 4.33. The van der Waals surface area contributed by atoms with Gasteiger partial charge in [0.1, 0.15) is 11.4 Å². The van der Waals surface area contributed by atoms with Crippen LogP contribution in [0.1, 0.15) is 24.8 Å². The average molecular weight is 247 g/mol. The number of rotatable bonds is 2. The summed E-state index contributed by atoms with van der Waals surface area (Å²) in [6, 6.07) is 8.40. The molecule has 2 aliphatic heterocycles. The molecule has 0 radical (unpaired) electrons. The number of para-hydroxylation sites is 1. The van der Waals surface area contributed by atoms with Gasteiger partial charge >= 0.3 is 0 Å². The lowest BCUT2D eigenvalue weighted by Gasteiger charge is -2.44. The molecule has 3 nitrogen and oxygen atoms in total. The van der Waals surface area contributed by atoms with Crippen LogP contribution in [0.2, 0.25) is 0 Å². The Morgan fingerprint density at radius 1 is 1.17 bits per heavy atom. The van der Waals surface area contributed by atoms with Crippen molar-refractivity contribution >= 4 is 0 Å². The van der Waals surface area contributed by atoms with Crippen molar-refractivity contribution in [2.24, 2.45) is 0 Å². The molecule has 98 valence electrons. The summed E-state index contributed by atoms with van der Waals surface area (Å²) >= 11 is 0. The van der Waals surface area contributed by atoms with E-state index in [0.29, 0.717) is 0 Å². The molecule has 0 bridgehead atoms. The number of aryl methyl sites for hydroxylation is 1. The van der Waals surface area contributed by atoms with Gasteiger partial charge in [0, 0.05) is 19.6 Å². The van der Waals surface area contributed by atoms with Crippen molar-refractivity contribution in [2.45, 2.75) is 31.3 Å². The van der Waals surface area contributed by atoms with Crippen LogP contribution in [-0.2, 0) is 6.42 Å². The Bertz CT molecular complexity index is 411. The Morgan fingerprint density at radius 2 is 1.94 bits per heavy atom. The zero-order valence-electron chi connectivity index (χ0n) is 10.8. The highest BCUT2D eigenvalue weighted by Gasteiger charge is 2.39. The maximum Gasteiger partial charge on any atom is 0.123 e. The maximum atomic E-state index is 8.98. The lowest BCUT2D eigenvalue weighted by molar-refractivity contribution is -0.0172. The molecule has 1 spiro atoms. The van der Waals surface area contributed by atoms with E-state index in [9.17, 15) is 0 Å². The van der Waals surface area contributed by atoms with E-state index in [1.807, 2.05) is 0 Å². The zero-order chi connectivity index (χ0) is 12.4. The van der Waals surface area contributed by atoms with Gasteiger partial charge in [-0.15, -0.1) is 0 Å². The highest BCUT2D eigenvalue weighted by molar-refractivity contribution is 5.36. The van der Waals surface area contributed by atoms with Crippen LogP contribution in [0.25, 0.3) is 0 Å². The molecule has 3 heteroatoms. The molecule has 18 heavy (non-hydrogen) atoms. The predicted octanol–water partition coefficient (Wildman–Crippen LogP) is 1.84. The summed E-state index contributed by atoms with van der Waals surface area (Å²) in [6.07, 6.45) is 4.44. The molecular formula is C15H21NO2. The fourth-order valence-electron chi connectivity index (χ4n) is 3.13. The van der Waals surface area contributed by atoms with E-state index in [2.05, 4.69) is 29.2 Å². The lowest BCUT2D eigenvalue weighted by atomic mass is 9.83. The van der Waals surface area contributed by atoms with Crippen LogP contribution in [0.15, 0.2) is 24.3 Å². The third kappa shape index (κ3) is 2.25. The second kappa shape index (κ2) is 4.90. The van der Waals surface area contributed by atoms with Crippen molar-refractivity contribution in [3.05, 3.63) is 29.8 Å². The largest absolute Gasteiger partial charge is 0.487 e. The van der Waals surface area contributed by atoms with Crippen molar-refractivity contribution in [1.29, 1.82) is 0 Å². The van der Waals surface area contributed by atoms with E-state index in [4.69, 9.17) is 9.84 Å². The molecule has 1 aromatic rings. The summed E-state index contributed by atoms with van der Waals surface area (Å²) in [4.78, 5) is 2.33. The van der Waals surface area contributed by atoms with E-state index in [1.54, 1.807) is 0 Å². The van der Waals surface area contributed by atoms with E-state index in [0.717, 1.165) is 51.1 Å². The number of aliphatic hydroxyl groups is 1. The van der Waals surface area contributed by atoms with Gasteiger partial charge in [-0.1, -0.05) is 18.2 Å². The summed E-state index contributed by atoms with van der Waals surface area (Å²) in [7, 11) is 0. The third-order valence-corrected chi connectivity index (χ3v) is 4.33. The number of fused-ring (bicyclic) bond motifs is 1. The van der Waals surface area contributed by atoms with Gasteiger partial charge in [0.2, 0.25) is 0 Å². The van der Waals surface area contributed by atoms with Crippen LogP contribution >= 0.6 is 0 Å². The van der Waals surface area contributed by atoms with Crippen LogP contribution < -0.4 is 4.74 Å². The second-order valence-corrected chi connectivity index (χ2v) is 5.46. The molecule has 1 saturated heterocycles. The van der Waals surface area contributed by atoms with Gasteiger partial charge in [-0.05, 0) is 37.3 Å². The first kappa shape index (κ1) is 12.0. The minimum Gasteiger partial charge on any atom is -0.487 e. The first-order chi connectivity index (χ1) is 8.81. The monoisotopic (exact) mass is 247 g/mol. The van der Waals surface area contributed by atoms with E-state index in [1.165, 1.54) is 5.56 Å². The number of β-amino-alcohol motifs (C(OH)–C–C–N with tert-alkyl or cyclic N) is 1. The highest BCUT2D eigenvalue weighted by Crippen LogP contribution is 2.38. The number of nitrogens with zero attached hydrogens (tertiary/aromatic N) is 1. The highest BCUT2D eigenvalue weighted by atomic mass is 16.5. The van der Waals surface area contributed by atoms with Crippen molar-refractivity contribution in [2.75, 3.05) is 26.2 Å². The molecule has 0 unspecified atom stereocenters. The molecular weight excluding hydrogens is 226 g/mol. The molecule has 0 aliphatic carbocycles. The van der Waals surface area contributed by atoms with Gasteiger partial charge in [-0.3, -0.25) is 0 Å². The van der Waals surface area contributed by atoms with E-state index >= 15 is 0 Å². The number of hydrogen-bond acceptors (Lipinski definition) is 3. The van der Waals surface area contributed by atoms with Gasteiger partial charge < -0.3 is 14.7 Å². The van der Waals surface area contributed by atoms with E-state index in [-0.39, 0.29) is 12.2 Å². The summed E-state index contributed by atoms with van der Waals surface area (Å²) < 4.78 is 6.30. The summed E-state index contributed by atoms with van der Waals surface area (Å²) in [5.41, 5.74) is 1.40. The van der Waals surface area contributed by atoms with Crippen LogP contribution in [0.4, 0.5) is 0 Å². The van der Waals surface area contributed by atoms with Gasteiger partial charge in [0.05, 0.1) is 6.61 Å². The number of hydrogen-bond donors (Lipinski definition) is 1. The number of piperidine rings is 1. The van der Waals surface area contributed by atoms with Gasteiger partial charge in [-0.2, -0.15) is 0 Å². The number of likely N-dealkylation sites (tertiary alicyclic amines) is 1. The van der Waals surface area contributed by atoms with Gasteiger partial charge in [-0.25, -0.2) is 0 Å². The molecule has 0 saturated carbocycles.